The second kappa shape index (κ2) is 12.6. The Kier molecular flexibility index (Phi) is 8.95. The first-order valence-corrected chi connectivity index (χ1v) is 14.8. The maximum atomic E-state index is 13.7. The molecule has 1 aromatic heterocycles. The first kappa shape index (κ1) is 29.1. The molecule has 2 fully saturated rings. The maximum absolute atomic E-state index is 13.7. The molecule has 3 heterocycles. The van der Waals surface area contributed by atoms with Crippen LogP contribution in [-0.2, 0) is 9.59 Å². The van der Waals surface area contributed by atoms with Crippen LogP contribution in [0.2, 0.25) is 10.0 Å². The van der Waals surface area contributed by atoms with Crippen molar-refractivity contribution in [2.75, 3.05) is 33.2 Å². The van der Waals surface area contributed by atoms with Crippen molar-refractivity contribution in [3.8, 4) is 11.1 Å². The predicted molar refractivity (Wildman–Crippen MR) is 161 cm³/mol. The first-order valence-electron chi connectivity index (χ1n) is 14.0. The van der Waals surface area contributed by atoms with Gasteiger partial charge in [-0.3, -0.25) is 19.4 Å². The van der Waals surface area contributed by atoms with Crippen molar-refractivity contribution >= 4 is 40.9 Å². The van der Waals surface area contributed by atoms with E-state index in [1.807, 2.05) is 65.4 Å². The highest BCUT2D eigenvalue weighted by atomic mass is 35.5. The van der Waals surface area contributed by atoms with Crippen molar-refractivity contribution in [1.82, 2.24) is 19.7 Å². The van der Waals surface area contributed by atoms with E-state index >= 15 is 0 Å². The SMILES string of the molecule is CC(=O)N1CCC(C(=O)N2CC[C@@H](N(C)C(=O)c3ccc(-c4ccncc4)cc3)[C@H](c3ccc(Cl)c(Cl)c3)C2)CC1. The Morgan fingerprint density at radius 1 is 0.829 bits per heavy atom. The molecular formula is C32H34Cl2N4O3. The van der Waals surface area contributed by atoms with Crippen LogP contribution < -0.4 is 0 Å². The Hall–Kier alpha value is -3.42. The highest BCUT2D eigenvalue weighted by Gasteiger charge is 2.39. The summed E-state index contributed by atoms with van der Waals surface area (Å²) >= 11 is 12.6. The lowest BCUT2D eigenvalue weighted by Crippen LogP contribution is -2.53. The quantitative estimate of drug-likeness (QED) is 0.377. The van der Waals surface area contributed by atoms with Gasteiger partial charge in [0.05, 0.1) is 10.0 Å². The van der Waals surface area contributed by atoms with Gasteiger partial charge in [0.1, 0.15) is 0 Å². The van der Waals surface area contributed by atoms with Crippen LogP contribution in [-0.4, -0.2) is 76.7 Å². The van der Waals surface area contributed by atoms with Gasteiger partial charge in [-0.25, -0.2) is 0 Å². The Bertz CT molecular complexity index is 1410. The molecule has 3 aromatic rings. The fourth-order valence-electron chi connectivity index (χ4n) is 6.08. The number of likely N-dealkylation sites (tertiary alicyclic amines) is 2. The normalized spacial score (nSPS) is 19.6. The van der Waals surface area contributed by atoms with Crippen LogP contribution in [0, 0.1) is 5.92 Å². The summed E-state index contributed by atoms with van der Waals surface area (Å²) < 4.78 is 0. The predicted octanol–water partition coefficient (Wildman–Crippen LogP) is 5.77. The number of amides is 3. The third-order valence-electron chi connectivity index (χ3n) is 8.51. The molecular weight excluding hydrogens is 559 g/mol. The van der Waals surface area contributed by atoms with Crippen molar-refractivity contribution in [3.05, 3.63) is 88.2 Å². The third kappa shape index (κ3) is 6.41. The van der Waals surface area contributed by atoms with Crippen molar-refractivity contribution in [3.63, 3.8) is 0 Å². The fraction of sp³-hybridized carbons (Fsp3) is 0.375. The molecule has 0 bridgehead atoms. The lowest BCUT2D eigenvalue weighted by atomic mass is 9.83. The number of hydrogen-bond donors (Lipinski definition) is 0. The number of hydrogen-bond acceptors (Lipinski definition) is 4. The molecule has 2 aliphatic heterocycles. The fourth-order valence-corrected chi connectivity index (χ4v) is 6.38. The molecule has 41 heavy (non-hydrogen) atoms. The smallest absolute Gasteiger partial charge is 0.253 e. The standard InChI is InChI=1S/C32H34Cl2N4O3/c1-21(39)37-16-11-25(12-17-37)32(41)38-18-13-30(27(20-38)26-7-8-28(33)29(34)19-26)36(2)31(40)24-5-3-22(4-6-24)23-9-14-35-15-10-23/h3-10,14-15,19,25,27,30H,11-13,16-18,20H2,1-2H3/t27-,30+/m0/s1. The maximum Gasteiger partial charge on any atom is 0.253 e. The zero-order chi connectivity index (χ0) is 29.1. The summed E-state index contributed by atoms with van der Waals surface area (Å²) in [6, 6.07) is 16.9. The zero-order valence-electron chi connectivity index (χ0n) is 23.3. The second-order valence-corrected chi connectivity index (χ2v) is 11.7. The molecule has 214 valence electrons. The van der Waals surface area contributed by atoms with E-state index in [0.29, 0.717) is 61.1 Å². The molecule has 0 aliphatic carbocycles. The van der Waals surface area contributed by atoms with Crippen LogP contribution in [0.1, 0.15) is 48.0 Å². The monoisotopic (exact) mass is 592 g/mol. The minimum Gasteiger partial charge on any atom is -0.343 e. The van der Waals surface area contributed by atoms with E-state index in [0.717, 1.165) is 16.7 Å². The van der Waals surface area contributed by atoms with Crippen molar-refractivity contribution in [2.45, 2.75) is 38.1 Å². The van der Waals surface area contributed by atoms with E-state index in [9.17, 15) is 14.4 Å². The summed E-state index contributed by atoms with van der Waals surface area (Å²) in [7, 11) is 1.84. The molecule has 0 N–H and O–H groups in total. The van der Waals surface area contributed by atoms with Crippen molar-refractivity contribution in [1.29, 1.82) is 0 Å². The van der Waals surface area contributed by atoms with Crippen LogP contribution in [0.5, 0.6) is 0 Å². The van der Waals surface area contributed by atoms with Gasteiger partial charge in [0.15, 0.2) is 0 Å². The van der Waals surface area contributed by atoms with E-state index in [1.54, 1.807) is 30.3 Å². The zero-order valence-corrected chi connectivity index (χ0v) is 24.8. The topological polar surface area (TPSA) is 73.8 Å². The van der Waals surface area contributed by atoms with Crippen LogP contribution in [0.3, 0.4) is 0 Å². The highest BCUT2D eigenvalue weighted by Crippen LogP contribution is 2.36. The third-order valence-corrected chi connectivity index (χ3v) is 9.25. The number of carbonyl (C=O) groups is 3. The molecule has 2 atom stereocenters. The van der Waals surface area contributed by atoms with E-state index in [1.165, 1.54) is 0 Å². The van der Waals surface area contributed by atoms with Crippen LogP contribution in [0.25, 0.3) is 11.1 Å². The van der Waals surface area contributed by atoms with Crippen molar-refractivity contribution < 1.29 is 14.4 Å². The van der Waals surface area contributed by atoms with Gasteiger partial charge in [-0.2, -0.15) is 0 Å². The number of pyridine rings is 1. The van der Waals surface area contributed by atoms with Crippen LogP contribution in [0.4, 0.5) is 0 Å². The van der Waals surface area contributed by atoms with Gasteiger partial charge in [-0.15, -0.1) is 0 Å². The number of benzene rings is 2. The molecule has 0 radical (unpaired) electrons. The van der Waals surface area contributed by atoms with Gasteiger partial charge in [-0.1, -0.05) is 41.4 Å². The van der Waals surface area contributed by atoms with Gasteiger partial charge >= 0.3 is 0 Å². The number of likely N-dealkylation sites (N-methyl/N-ethyl adjacent to an activating group) is 1. The van der Waals surface area contributed by atoms with E-state index in [2.05, 4.69) is 4.98 Å². The average Bonchev–Trinajstić information content (AvgIpc) is 3.01. The molecule has 2 saturated heterocycles. The van der Waals surface area contributed by atoms with Gasteiger partial charge in [0.2, 0.25) is 11.8 Å². The Morgan fingerprint density at radius 2 is 1.46 bits per heavy atom. The number of piperidine rings is 2. The number of aromatic nitrogens is 1. The van der Waals surface area contributed by atoms with Gasteiger partial charge in [0.25, 0.3) is 5.91 Å². The summed E-state index contributed by atoms with van der Waals surface area (Å²) in [6.45, 7) is 3.83. The van der Waals surface area contributed by atoms with Gasteiger partial charge in [-0.05, 0) is 72.4 Å². The summed E-state index contributed by atoms with van der Waals surface area (Å²) in [6.07, 6.45) is 5.47. The summed E-state index contributed by atoms with van der Waals surface area (Å²) in [4.78, 5) is 48.6. The highest BCUT2D eigenvalue weighted by molar-refractivity contribution is 6.42. The van der Waals surface area contributed by atoms with Gasteiger partial charge in [0, 0.05) is 76.0 Å². The van der Waals surface area contributed by atoms with Crippen LogP contribution in [0.15, 0.2) is 67.0 Å². The molecule has 0 unspecified atom stereocenters. The number of nitrogens with zero attached hydrogens (tertiary/aromatic N) is 4. The van der Waals surface area contributed by atoms with E-state index in [4.69, 9.17) is 23.2 Å². The second-order valence-electron chi connectivity index (χ2n) is 10.9. The molecule has 9 heteroatoms. The van der Waals surface area contributed by atoms with E-state index in [-0.39, 0.29) is 35.6 Å². The minimum absolute atomic E-state index is 0.0519. The Morgan fingerprint density at radius 3 is 2.10 bits per heavy atom. The lowest BCUT2D eigenvalue weighted by molar-refractivity contribution is -0.141. The number of rotatable bonds is 5. The van der Waals surface area contributed by atoms with E-state index < -0.39 is 0 Å². The molecule has 3 amide bonds. The van der Waals surface area contributed by atoms with Crippen LogP contribution >= 0.6 is 23.2 Å². The van der Waals surface area contributed by atoms with Crippen molar-refractivity contribution in [2.24, 2.45) is 5.92 Å². The largest absolute Gasteiger partial charge is 0.343 e. The molecule has 5 rings (SSSR count). The molecule has 0 spiro atoms. The molecule has 2 aliphatic rings. The molecule has 0 saturated carbocycles. The average molecular weight is 594 g/mol. The summed E-state index contributed by atoms with van der Waals surface area (Å²) in [5.74, 6) is -0.133. The molecule has 7 nitrogen and oxygen atoms in total. The number of carbonyl (C=O) groups excluding carboxylic acids is 3. The minimum atomic E-state index is -0.136. The Labute approximate surface area is 251 Å². The number of halogens is 2. The first-order chi connectivity index (χ1) is 19.7. The summed E-state index contributed by atoms with van der Waals surface area (Å²) in [5, 5.41) is 0.912. The van der Waals surface area contributed by atoms with Gasteiger partial charge < -0.3 is 14.7 Å². The Balaban J connectivity index is 1.35. The lowest BCUT2D eigenvalue weighted by Gasteiger charge is -2.44. The molecule has 2 aromatic carbocycles. The summed E-state index contributed by atoms with van der Waals surface area (Å²) in [5.41, 5.74) is 3.60.